The number of carbonyl (C=O) groups is 3. The van der Waals surface area contributed by atoms with Crippen molar-refractivity contribution in [1.82, 2.24) is 0 Å². The van der Waals surface area contributed by atoms with Crippen molar-refractivity contribution in [2.75, 3.05) is 13.2 Å². The molecule has 0 amide bonds. The molecule has 0 saturated carbocycles. The molecule has 0 spiro atoms. The van der Waals surface area contributed by atoms with Crippen molar-refractivity contribution in [2.45, 2.75) is 271 Å². The van der Waals surface area contributed by atoms with Gasteiger partial charge in [-0.15, -0.1) is 0 Å². The quantitative estimate of drug-likeness (QED) is 0.0349. The lowest BCUT2D eigenvalue weighted by Gasteiger charge is -2.18. The van der Waals surface area contributed by atoms with Crippen molar-refractivity contribution in [3.63, 3.8) is 0 Å². The molecule has 0 bridgehead atoms. The van der Waals surface area contributed by atoms with E-state index in [4.69, 9.17) is 14.2 Å². The van der Waals surface area contributed by atoms with Gasteiger partial charge >= 0.3 is 17.9 Å². The van der Waals surface area contributed by atoms with Crippen LogP contribution in [0.3, 0.4) is 0 Å². The van der Waals surface area contributed by atoms with E-state index in [9.17, 15) is 14.4 Å². The second-order valence-corrected chi connectivity index (χ2v) is 16.9. The lowest BCUT2D eigenvalue weighted by atomic mass is 10.0. The van der Waals surface area contributed by atoms with Crippen molar-refractivity contribution in [2.24, 2.45) is 5.92 Å². The van der Waals surface area contributed by atoms with Gasteiger partial charge in [0.15, 0.2) is 6.10 Å². The molecule has 0 heterocycles. The van der Waals surface area contributed by atoms with E-state index < -0.39 is 6.10 Å². The minimum atomic E-state index is -0.759. The highest BCUT2D eigenvalue weighted by atomic mass is 16.6. The Morgan fingerprint density at radius 1 is 0.352 bits per heavy atom. The predicted octanol–water partition coefficient (Wildman–Crippen LogP) is 15.1. The van der Waals surface area contributed by atoms with Crippen LogP contribution < -0.4 is 0 Å². The zero-order valence-electron chi connectivity index (χ0n) is 36.7. The molecule has 0 N–H and O–H groups in total. The first-order chi connectivity index (χ1) is 26.4. The Hall–Kier alpha value is -1.59. The molecule has 320 valence electrons. The summed E-state index contributed by atoms with van der Waals surface area (Å²) in [5.41, 5.74) is 0. The van der Waals surface area contributed by atoms with Crippen molar-refractivity contribution in [1.29, 1.82) is 0 Å². The van der Waals surface area contributed by atoms with Crippen LogP contribution in [-0.4, -0.2) is 37.2 Å². The smallest absolute Gasteiger partial charge is 0.306 e. The molecule has 0 aromatic heterocycles. The van der Waals surface area contributed by atoms with Crippen LogP contribution in [0.2, 0.25) is 0 Å². The Labute approximate surface area is 336 Å². The minimum Gasteiger partial charge on any atom is -0.462 e. The van der Waals surface area contributed by atoms with Crippen LogP contribution in [-0.2, 0) is 28.6 Å². The molecule has 0 saturated heterocycles. The Kier molecular flexibility index (Phi) is 41.3. The zero-order chi connectivity index (χ0) is 39.6. The molecule has 0 rings (SSSR count). The summed E-state index contributed by atoms with van der Waals surface area (Å²) >= 11 is 0. The number of carbonyl (C=O) groups excluding carboxylic acids is 3. The van der Waals surface area contributed by atoms with Gasteiger partial charge in [0.1, 0.15) is 13.2 Å². The van der Waals surface area contributed by atoms with Gasteiger partial charge in [-0.2, -0.15) is 0 Å². The molecule has 0 aliphatic heterocycles. The molecule has 6 heteroatoms. The largest absolute Gasteiger partial charge is 0.462 e. The van der Waals surface area contributed by atoms with Gasteiger partial charge in [0.05, 0.1) is 0 Å². The molecule has 0 aromatic rings. The highest BCUT2D eigenvalue weighted by Gasteiger charge is 2.19. The monoisotopic (exact) mass is 765 g/mol. The first-order valence-corrected chi connectivity index (χ1v) is 23.9. The fourth-order valence-electron chi connectivity index (χ4n) is 7.16. The van der Waals surface area contributed by atoms with Crippen LogP contribution >= 0.6 is 0 Å². The van der Waals surface area contributed by atoms with Crippen molar-refractivity contribution < 1.29 is 28.6 Å². The van der Waals surface area contributed by atoms with E-state index >= 15 is 0 Å². The molecule has 0 aliphatic rings. The van der Waals surface area contributed by atoms with Gasteiger partial charge in [0, 0.05) is 19.3 Å². The summed E-state index contributed by atoms with van der Waals surface area (Å²) in [5.74, 6) is -0.0617. The van der Waals surface area contributed by atoms with Crippen molar-refractivity contribution in [3.05, 3.63) is 0 Å². The van der Waals surface area contributed by atoms with E-state index in [0.717, 1.165) is 63.7 Å². The number of hydrogen-bond acceptors (Lipinski definition) is 6. The van der Waals surface area contributed by atoms with Crippen LogP contribution in [0.25, 0.3) is 0 Å². The number of hydrogen-bond donors (Lipinski definition) is 0. The zero-order valence-corrected chi connectivity index (χ0v) is 36.7. The van der Waals surface area contributed by atoms with Crippen LogP contribution in [0.4, 0.5) is 0 Å². The third-order valence-electron chi connectivity index (χ3n) is 10.8. The third-order valence-corrected chi connectivity index (χ3v) is 10.8. The summed E-state index contributed by atoms with van der Waals surface area (Å²) in [6, 6.07) is 0. The van der Waals surface area contributed by atoms with Gasteiger partial charge in [-0.25, -0.2) is 0 Å². The van der Waals surface area contributed by atoms with Crippen LogP contribution in [0.1, 0.15) is 265 Å². The maximum absolute atomic E-state index is 12.7. The van der Waals surface area contributed by atoms with Crippen LogP contribution in [0.5, 0.6) is 0 Å². The Morgan fingerprint density at radius 3 is 0.907 bits per heavy atom. The molecule has 0 unspecified atom stereocenters. The average Bonchev–Trinajstić information content (AvgIpc) is 3.15. The first-order valence-electron chi connectivity index (χ1n) is 23.9. The van der Waals surface area contributed by atoms with E-state index in [-0.39, 0.29) is 31.1 Å². The van der Waals surface area contributed by atoms with E-state index in [1.807, 2.05) is 0 Å². The Balaban J connectivity index is 4.26. The molecular formula is C48H92O6. The minimum absolute atomic E-state index is 0.0639. The fourth-order valence-corrected chi connectivity index (χ4v) is 7.16. The molecule has 6 nitrogen and oxygen atoms in total. The summed E-state index contributed by atoms with van der Waals surface area (Å²) < 4.78 is 16.7. The number of rotatable bonds is 43. The maximum Gasteiger partial charge on any atom is 0.306 e. The Bertz CT molecular complexity index is 811. The SMILES string of the molecule is CCCCCCCCCCCCCCCCCCC(=O)OC[C@@H](COC(=O)CCCCCCCCCCC)OC(=O)CCCCCCCCCCC(C)C. The molecular weight excluding hydrogens is 673 g/mol. The molecule has 0 fully saturated rings. The molecule has 1 atom stereocenters. The van der Waals surface area contributed by atoms with E-state index in [1.165, 1.54) is 161 Å². The molecule has 54 heavy (non-hydrogen) atoms. The number of ether oxygens (including phenoxy) is 3. The average molecular weight is 765 g/mol. The Morgan fingerprint density at radius 2 is 0.611 bits per heavy atom. The van der Waals surface area contributed by atoms with Gasteiger partial charge in [-0.1, -0.05) is 227 Å². The summed E-state index contributed by atoms with van der Waals surface area (Å²) in [4.78, 5) is 37.7. The third kappa shape index (κ3) is 41.6. The van der Waals surface area contributed by atoms with Gasteiger partial charge in [0.2, 0.25) is 0 Å². The number of unbranched alkanes of at least 4 members (excludes halogenated alkanes) is 30. The molecule has 0 radical (unpaired) electrons. The van der Waals surface area contributed by atoms with Gasteiger partial charge in [0.25, 0.3) is 0 Å². The highest BCUT2D eigenvalue weighted by molar-refractivity contribution is 5.71. The summed E-state index contributed by atoms with van der Waals surface area (Å²) in [5, 5.41) is 0. The highest BCUT2D eigenvalue weighted by Crippen LogP contribution is 2.16. The van der Waals surface area contributed by atoms with Crippen LogP contribution in [0.15, 0.2) is 0 Å². The predicted molar refractivity (Wildman–Crippen MR) is 229 cm³/mol. The topological polar surface area (TPSA) is 78.9 Å². The van der Waals surface area contributed by atoms with Gasteiger partial charge < -0.3 is 14.2 Å². The summed E-state index contributed by atoms with van der Waals surface area (Å²) in [6.45, 7) is 8.96. The number of esters is 3. The molecule has 0 aliphatic carbocycles. The van der Waals surface area contributed by atoms with Crippen LogP contribution in [0, 0.1) is 5.92 Å². The first kappa shape index (κ1) is 52.4. The second-order valence-electron chi connectivity index (χ2n) is 16.9. The summed E-state index contributed by atoms with van der Waals surface area (Å²) in [7, 11) is 0. The fraction of sp³-hybridized carbons (Fsp3) is 0.938. The van der Waals surface area contributed by atoms with Crippen molar-refractivity contribution >= 4 is 17.9 Å². The lowest BCUT2D eigenvalue weighted by molar-refractivity contribution is -0.167. The van der Waals surface area contributed by atoms with E-state index in [2.05, 4.69) is 27.7 Å². The maximum atomic E-state index is 12.7. The molecule has 0 aromatic carbocycles. The lowest BCUT2D eigenvalue weighted by Crippen LogP contribution is -2.30. The second kappa shape index (κ2) is 42.6. The van der Waals surface area contributed by atoms with E-state index in [0.29, 0.717) is 19.3 Å². The standard InChI is InChI=1S/C48H92O6/c1-5-7-9-11-13-15-16-17-18-19-20-21-23-28-32-36-40-47(50)53-43-45(42-52-46(49)39-35-31-27-22-14-12-10-8-6-2)54-48(51)41-37-33-29-25-24-26-30-34-38-44(3)4/h44-45H,5-43H2,1-4H3/t45-/m1/s1. The van der Waals surface area contributed by atoms with E-state index in [1.54, 1.807) is 0 Å². The van der Waals surface area contributed by atoms with Gasteiger partial charge in [-0.05, 0) is 25.2 Å². The van der Waals surface area contributed by atoms with Gasteiger partial charge in [-0.3, -0.25) is 14.4 Å². The summed E-state index contributed by atoms with van der Waals surface area (Å²) in [6.07, 6.45) is 42.4. The normalized spacial score (nSPS) is 11.9. The van der Waals surface area contributed by atoms with Crippen molar-refractivity contribution in [3.8, 4) is 0 Å².